The van der Waals surface area contributed by atoms with Crippen molar-refractivity contribution < 1.29 is 9.84 Å². The van der Waals surface area contributed by atoms with E-state index >= 15 is 0 Å². The lowest BCUT2D eigenvalue weighted by Gasteiger charge is -2.07. The molecule has 0 bridgehead atoms. The third-order valence-corrected chi connectivity index (χ3v) is 3.11. The van der Waals surface area contributed by atoms with Gasteiger partial charge in [0.1, 0.15) is 0 Å². The van der Waals surface area contributed by atoms with Gasteiger partial charge in [0.05, 0.1) is 29.6 Å². The fraction of sp³-hybridized carbons (Fsp3) is 0.750. The molecule has 0 unspecified atom stereocenters. The SMILES string of the molecule is CCn1nc(C)c(Cl)c1CNCCCOCCO. The Kier molecular flexibility index (Phi) is 7.27. The maximum atomic E-state index is 8.54. The molecule has 0 saturated carbocycles. The fourth-order valence-electron chi connectivity index (χ4n) is 1.71. The summed E-state index contributed by atoms with van der Waals surface area (Å²) >= 11 is 6.20. The van der Waals surface area contributed by atoms with Crippen molar-refractivity contribution in [3.63, 3.8) is 0 Å². The zero-order valence-electron chi connectivity index (χ0n) is 11.1. The number of rotatable bonds is 9. The third kappa shape index (κ3) is 4.57. The number of halogens is 1. The highest BCUT2D eigenvalue weighted by Gasteiger charge is 2.11. The number of nitrogens with zero attached hydrogens (tertiary/aromatic N) is 2. The predicted octanol–water partition coefficient (Wildman–Crippen LogP) is 1.35. The van der Waals surface area contributed by atoms with Gasteiger partial charge < -0.3 is 15.2 Å². The number of hydrogen-bond donors (Lipinski definition) is 2. The van der Waals surface area contributed by atoms with Crippen LogP contribution in [0.1, 0.15) is 24.7 Å². The summed E-state index contributed by atoms with van der Waals surface area (Å²) in [6, 6.07) is 0. The molecule has 0 saturated heterocycles. The molecule has 0 aliphatic carbocycles. The molecule has 1 aromatic rings. The van der Waals surface area contributed by atoms with Crippen LogP contribution in [-0.2, 0) is 17.8 Å². The maximum Gasteiger partial charge on any atom is 0.0860 e. The van der Waals surface area contributed by atoms with E-state index < -0.39 is 0 Å². The number of aliphatic hydroxyl groups is 1. The molecule has 0 fully saturated rings. The Morgan fingerprint density at radius 1 is 1.44 bits per heavy atom. The van der Waals surface area contributed by atoms with Crippen LogP contribution in [0, 0.1) is 6.92 Å². The van der Waals surface area contributed by atoms with Crippen molar-refractivity contribution in [1.82, 2.24) is 15.1 Å². The Labute approximate surface area is 113 Å². The number of ether oxygens (including phenoxy) is 1. The van der Waals surface area contributed by atoms with E-state index in [0.29, 0.717) is 19.8 Å². The number of aromatic nitrogens is 2. The molecule has 1 rings (SSSR count). The molecule has 104 valence electrons. The highest BCUT2D eigenvalue weighted by atomic mass is 35.5. The summed E-state index contributed by atoms with van der Waals surface area (Å²) in [6.45, 7) is 7.52. The Morgan fingerprint density at radius 3 is 2.89 bits per heavy atom. The molecule has 0 atom stereocenters. The third-order valence-electron chi connectivity index (χ3n) is 2.62. The van der Waals surface area contributed by atoms with E-state index in [1.165, 1.54) is 0 Å². The van der Waals surface area contributed by atoms with Crippen molar-refractivity contribution in [2.75, 3.05) is 26.4 Å². The standard InChI is InChI=1S/C12H22ClN3O2/c1-3-16-11(12(13)10(2)15-16)9-14-5-4-7-18-8-6-17/h14,17H,3-9H2,1-2H3. The van der Waals surface area contributed by atoms with Crippen LogP contribution in [-0.4, -0.2) is 41.3 Å². The molecule has 18 heavy (non-hydrogen) atoms. The van der Waals surface area contributed by atoms with Crippen molar-refractivity contribution in [2.24, 2.45) is 0 Å². The summed E-state index contributed by atoms with van der Waals surface area (Å²) in [7, 11) is 0. The first-order valence-electron chi connectivity index (χ1n) is 6.31. The second kappa shape index (κ2) is 8.48. The smallest absolute Gasteiger partial charge is 0.0860 e. The van der Waals surface area contributed by atoms with E-state index in [9.17, 15) is 0 Å². The van der Waals surface area contributed by atoms with Gasteiger partial charge in [-0.3, -0.25) is 4.68 Å². The summed E-state index contributed by atoms with van der Waals surface area (Å²) in [6.07, 6.45) is 0.914. The van der Waals surface area contributed by atoms with Gasteiger partial charge in [-0.15, -0.1) is 0 Å². The molecule has 0 radical (unpaired) electrons. The number of nitrogens with one attached hydrogen (secondary N) is 1. The molecule has 1 aromatic heterocycles. The molecule has 5 nitrogen and oxygen atoms in total. The molecule has 0 amide bonds. The van der Waals surface area contributed by atoms with Gasteiger partial charge in [-0.2, -0.15) is 5.10 Å². The summed E-state index contributed by atoms with van der Waals surface area (Å²) in [5.74, 6) is 0. The van der Waals surface area contributed by atoms with E-state index in [1.807, 2.05) is 11.6 Å². The average molecular weight is 276 g/mol. The van der Waals surface area contributed by atoms with E-state index in [0.717, 1.165) is 35.9 Å². The van der Waals surface area contributed by atoms with E-state index in [2.05, 4.69) is 17.3 Å². The van der Waals surface area contributed by atoms with Crippen LogP contribution in [0.3, 0.4) is 0 Å². The van der Waals surface area contributed by atoms with Crippen molar-refractivity contribution in [1.29, 1.82) is 0 Å². The largest absolute Gasteiger partial charge is 0.394 e. The van der Waals surface area contributed by atoms with Crippen LogP contribution in [0.5, 0.6) is 0 Å². The van der Waals surface area contributed by atoms with Gasteiger partial charge in [0.2, 0.25) is 0 Å². The van der Waals surface area contributed by atoms with Crippen molar-refractivity contribution in [2.45, 2.75) is 33.4 Å². The number of aliphatic hydroxyl groups excluding tert-OH is 1. The molecular weight excluding hydrogens is 254 g/mol. The van der Waals surface area contributed by atoms with Gasteiger partial charge in [-0.05, 0) is 26.8 Å². The first-order chi connectivity index (χ1) is 8.70. The molecule has 0 spiro atoms. The second-order valence-corrected chi connectivity index (χ2v) is 4.41. The molecule has 0 aromatic carbocycles. The summed E-state index contributed by atoms with van der Waals surface area (Å²) in [5.41, 5.74) is 1.91. The quantitative estimate of drug-likeness (QED) is 0.668. The van der Waals surface area contributed by atoms with E-state index in [4.69, 9.17) is 21.4 Å². The molecule has 2 N–H and O–H groups in total. The Hall–Kier alpha value is -0.620. The highest BCUT2D eigenvalue weighted by molar-refractivity contribution is 6.31. The highest BCUT2D eigenvalue weighted by Crippen LogP contribution is 2.19. The van der Waals surface area contributed by atoms with Crippen molar-refractivity contribution in [3.8, 4) is 0 Å². The topological polar surface area (TPSA) is 59.3 Å². The Balaban J connectivity index is 2.26. The predicted molar refractivity (Wildman–Crippen MR) is 71.9 cm³/mol. The van der Waals surface area contributed by atoms with Crippen LogP contribution < -0.4 is 5.32 Å². The summed E-state index contributed by atoms with van der Waals surface area (Å²) in [4.78, 5) is 0. The van der Waals surface area contributed by atoms with Crippen LogP contribution in [0.2, 0.25) is 5.02 Å². The van der Waals surface area contributed by atoms with Crippen LogP contribution in [0.4, 0.5) is 0 Å². The first-order valence-corrected chi connectivity index (χ1v) is 6.69. The molecule has 0 aliphatic heterocycles. The first kappa shape index (κ1) is 15.4. The van der Waals surface area contributed by atoms with Gasteiger partial charge >= 0.3 is 0 Å². The van der Waals surface area contributed by atoms with Gasteiger partial charge in [0.25, 0.3) is 0 Å². The van der Waals surface area contributed by atoms with Gasteiger partial charge in [-0.1, -0.05) is 11.6 Å². The van der Waals surface area contributed by atoms with Gasteiger partial charge in [0, 0.05) is 19.7 Å². The number of aryl methyl sites for hydroxylation is 2. The van der Waals surface area contributed by atoms with Crippen LogP contribution in [0.15, 0.2) is 0 Å². The van der Waals surface area contributed by atoms with Crippen molar-refractivity contribution >= 4 is 11.6 Å². The molecule has 1 heterocycles. The Bertz CT molecular complexity index is 355. The zero-order valence-corrected chi connectivity index (χ0v) is 11.8. The lowest BCUT2D eigenvalue weighted by Crippen LogP contribution is -2.19. The molecule has 0 aliphatic rings. The molecule has 6 heteroatoms. The molecular formula is C12H22ClN3O2. The minimum atomic E-state index is 0.0813. The van der Waals surface area contributed by atoms with E-state index in [1.54, 1.807) is 0 Å². The zero-order chi connectivity index (χ0) is 13.4. The monoisotopic (exact) mass is 275 g/mol. The minimum Gasteiger partial charge on any atom is -0.394 e. The van der Waals surface area contributed by atoms with Crippen LogP contribution in [0.25, 0.3) is 0 Å². The minimum absolute atomic E-state index is 0.0813. The van der Waals surface area contributed by atoms with Gasteiger partial charge in [0.15, 0.2) is 0 Å². The van der Waals surface area contributed by atoms with Crippen LogP contribution >= 0.6 is 11.6 Å². The second-order valence-electron chi connectivity index (χ2n) is 4.03. The van der Waals surface area contributed by atoms with E-state index in [-0.39, 0.29) is 6.61 Å². The lowest BCUT2D eigenvalue weighted by atomic mass is 10.3. The van der Waals surface area contributed by atoms with Crippen molar-refractivity contribution in [3.05, 3.63) is 16.4 Å². The van der Waals surface area contributed by atoms with Gasteiger partial charge in [-0.25, -0.2) is 0 Å². The maximum absolute atomic E-state index is 8.54. The summed E-state index contributed by atoms with van der Waals surface area (Å²) < 4.78 is 7.10. The summed E-state index contributed by atoms with van der Waals surface area (Å²) in [5, 5.41) is 17.0. The number of hydrogen-bond acceptors (Lipinski definition) is 4. The lowest BCUT2D eigenvalue weighted by molar-refractivity contribution is 0.0907. The normalized spacial score (nSPS) is 11.1. The Morgan fingerprint density at radius 2 is 2.22 bits per heavy atom. The average Bonchev–Trinajstić information content (AvgIpc) is 2.65. The fourth-order valence-corrected chi connectivity index (χ4v) is 1.91.